The zero-order valence-electron chi connectivity index (χ0n) is 6.72. The minimum absolute atomic E-state index is 0.00435. The molecule has 2 unspecified atom stereocenters. The van der Waals surface area contributed by atoms with E-state index >= 15 is 0 Å². The Kier molecular flexibility index (Phi) is 5.67. The molecule has 0 aromatic rings. The molecule has 8 heteroatoms. The molecule has 0 heterocycles. The van der Waals surface area contributed by atoms with Crippen LogP contribution in [0.15, 0.2) is 0 Å². The third-order valence-corrected chi connectivity index (χ3v) is 1.67. The molecule has 2 N–H and O–H groups in total. The number of hydrogen-bond acceptors (Lipinski definition) is 5. The molecular formula is C5H9NO5S2. The van der Waals surface area contributed by atoms with Crippen LogP contribution in [0.3, 0.4) is 0 Å². The van der Waals surface area contributed by atoms with Crippen molar-refractivity contribution in [3.63, 3.8) is 0 Å². The highest BCUT2D eigenvalue weighted by molar-refractivity contribution is 7.80. The van der Waals surface area contributed by atoms with Crippen molar-refractivity contribution in [1.29, 1.82) is 0 Å². The minimum Gasteiger partial charge on any atom is -0.342 e. The molecule has 0 aliphatic heterocycles. The highest BCUT2D eigenvalue weighted by Gasteiger charge is 2.21. The zero-order chi connectivity index (χ0) is 10.4. The summed E-state index contributed by atoms with van der Waals surface area (Å²) in [6.07, 6.45) is 0. The second-order valence-electron chi connectivity index (χ2n) is 2.06. The summed E-state index contributed by atoms with van der Waals surface area (Å²) in [6.45, 7) is 1.21. The fourth-order valence-electron chi connectivity index (χ4n) is 0.553. The Labute approximate surface area is 82.9 Å². The number of thiol groups is 1. The summed E-state index contributed by atoms with van der Waals surface area (Å²) in [6, 6.07) is -1.00. The molecule has 2 atom stereocenters. The van der Waals surface area contributed by atoms with Crippen molar-refractivity contribution < 1.29 is 22.5 Å². The lowest BCUT2D eigenvalue weighted by molar-refractivity contribution is -0.137. The van der Waals surface area contributed by atoms with E-state index < -0.39 is 29.3 Å². The SMILES string of the molecule is CC(=O)NC(CS)C(=O)OS(=O)O. The summed E-state index contributed by atoms with van der Waals surface area (Å²) >= 11 is 1.09. The van der Waals surface area contributed by atoms with Gasteiger partial charge in [-0.3, -0.25) is 9.35 Å². The van der Waals surface area contributed by atoms with E-state index in [1.54, 1.807) is 0 Å². The van der Waals surface area contributed by atoms with Gasteiger partial charge in [-0.1, -0.05) is 0 Å². The lowest BCUT2D eigenvalue weighted by Gasteiger charge is -2.11. The van der Waals surface area contributed by atoms with Crippen LogP contribution in [0.1, 0.15) is 6.92 Å². The Morgan fingerprint density at radius 3 is 2.54 bits per heavy atom. The average Bonchev–Trinajstić information content (AvgIpc) is 1.98. The Morgan fingerprint density at radius 1 is 1.69 bits per heavy atom. The van der Waals surface area contributed by atoms with Crippen LogP contribution < -0.4 is 5.32 Å². The van der Waals surface area contributed by atoms with E-state index in [4.69, 9.17) is 4.55 Å². The van der Waals surface area contributed by atoms with Gasteiger partial charge in [-0.25, -0.2) is 4.79 Å². The lowest BCUT2D eigenvalue weighted by atomic mass is 10.3. The molecule has 1 amide bonds. The summed E-state index contributed by atoms with van der Waals surface area (Å²) in [4.78, 5) is 21.4. The zero-order valence-corrected chi connectivity index (χ0v) is 8.43. The van der Waals surface area contributed by atoms with Crippen molar-refractivity contribution in [3.05, 3.63) is 0 Å². The first-order valence-electron chi connectivity index (χ1n) is 3.18. The fourth-order valence-corrected chi connectivity index (χ4v) is 1.05. The molecule has 0 spiro atoms. The van der Waals surface area contributed by atoms with Crippen LogP contribution >= 0.6 is 12.6 Å². The summed E-state index contributed by atoms with van der Waals surface area (Å²) in [7, 11) is 0. The predicted octanol–water partition coefficient (Wildman–Crippen LogP) is -0.899. The van der Waals surface area contributed by atoms with Crippen LogP contribution in [0.4, 0.5) is 0 Å². The smallest absolute Gasteiger partial charge is 0.342 e. The average molecular weight is 227 g/mol. The van der Waals surface area contributed by atoms with Gasteiger partial charge < -0.3 is 9.50 Å². The number of amides is 1. The van der Waals surface area contributed by atoms with E-state index in [9.17, 15) is 13.8 Å². The molecule has 0 bridgehead atoms. The molecule has 0 aliphatic carbocycles. The first-order chi connectivity index (χ1) is 5.97. The molecule has 0 radical (unpaired) electrons. The van der Waals surface area contributed by atoms with Gasteiger partial charge >= 0.3 is 17.3 Å². The number of nitrogens with one attached hydrogen (secondary N) is 1. The number of hydrogen-bond donors (Lipinski definition) is 3. The Morgan fingerprint density at radius 2 is 2.23 bits per heavy atom. The second kappa shape index (κ2) is 5.95. The van der Waals surface area contributed by atoms with E-state index in [0.29, 0.717) is 0 Å². The largest absolute Gasteiger partial charge is 0.360 e. The first-order valence-corrected chi connectivity index (χ1v) is 4.84. The maximum absolute atomic E-state index is 10.9. The van der Waals surface area contributed by atoms with Crippen LogP contribution in [0.25, 0.3) is 0 Å². The lowest BCUT2D eigenvalue weighted by Crippen LogP contribution is -2.42. The number of carbonyl (C=O) groups excluding carboxylic acids is 2. The van der Waals surface area contributed by atoms with Gasteiger partial charge in [-0.05, 0) is 0 Å². The Hall–Kier alpha value is -0.600. The molecule has 0 rings (SSSR count). The quantitative estimate of drug-likeness (QED) is 0.427. The molecule has 76 valence electrons. The summed E-state index contributed by atoms with van der Waals surface area (Å²) in [5.41, 5.74) is 0. The maximum Gasteiger partial charge on any atom is 0.360 e. The molecule has 0 saturated carbocycles. The Bertz CT molecular complexity index is 231. The van der Waals surface area contributed by atoms with Gasteiger partial charge in [0.05, 0.1) is 0 Å². The number of carbonyl (C=O) groups is 2. The summed E-state index contributed by atoms with van der Waals surface area (Å²) < 4.78 is 22.2. The van der Waals surface area contributed by atoms with Gasteiger partial charge in [-0.15, -0.1) is 0 Å². The van der Waals surface area contributed by atoms with Crippen LogP contribution in [0.2, 0.25) is 0 Å². The van der Waals surface area contributed by atoms with Crippen molar-refractivity contribution in [2.24, 2.45) is 0 Å². The third-order valence-electron chi connectivity index (χ3n) is 0.998. The maximum atomic E-state index is 10.9. The van der Waals surface area contributed by atoms with Crippen LogP contribution in [0.5, 0.6) is 0 Å². The van der Waals surface area contributed by atoms with Crippen molar-refractivity contribution in [3.8, 4) is 0 Å². The molecule has 0 aromatic carbocycles. The minimum atomic E-state index is -2.67. The van der Waals surface area contributed by atoms with Crippen molar-refractivity contribution in [1.82, 2.24) is 5.32 Å². The first kappa shape index (κ1) is 12.4. The predicted molar refractivity (Wildman–Crippen MR) is 48.3 cm³/mol. The molecule has 13 heavy (non-hydrogen) atoms. The van der Waals surface area contributed by atoms with Gasteiger partial charge in [0.15, 0.2) is 0 Å². The fraction of sp³-hybridized carbons (Fsp3) is 0.600. The highest BCUT2D eigenvalue weighted by atomic mass is 32.2. The monoisotopic (exact) mass is 227 g/mol. The molecule has 0 aliphatic rings. The van der Waals surface area contributed by atoms with Gasteiger partial charge in [0, 0.05) is 12.7 Å². The molecule has 6 nitrogen and oxygen atoms in total. The summed E-state index contributed by atoms with van der Waals surface area (Å²) in [5, 5.41) is 2.20. The number of rotatable bonds is 4. The van der Waals surface area contributed by atoms with Crippen molar-refractivity contribution >= 4 is 35.9 Å². The topological polar surface area (TPSA) is 92.7 Å². The molecule has 0 saturated heterocycles. The van der Waals surface area contributed by atoms with Crippen molar-refractivity contribution in [2.45, 2.75) is 13.0 Å². The standard InChI is InChI=1S/C5H9NO5S2/c1-3(7)6-4(2-12)5(8)11-13(9)10/h4,12H,2H2,1H3,(H,6,7)(H,9,10). The van der Waals surface area contributed by atoms with E-state index in [2.05, 4.69) is 22.1 Å². The van der Waals surface area contributed by atoms with Crippen LogP contribution in [-0.2, 0) is 25.1 Å². The molecule has 0 fully saturated rings. The van der Waals surface area contributed by atoms with E-state index in [1.165, 1.54) is 6.92 Å². The van der Waals surface area contributed by atoms with Crippen LogP contribution in [-0.4, -0.2) is 32.4 Å². The van der Waals surface area contributed by atoms with Crippen LogP contribution in [0, 0.1) is 0 Å². The van der Waals surface area contributed by atoms with E-state index in [1.807, 2.05) is 0 Å². The Balaban J connectivity index is 4.15. The van der Waals surface area contributed by atoms with Gasteiger partial charge in [0.25, 0.3) is 0 Å². The van der Waals surface area contributed by atoms with E-state index in [-0.39, 0.29) is 5.75 Å². The van der Waals surface area contributed by atoms with E-state index in [0.717, 1.165) is 0 Å². The molecule has 0 aromatic heterocycles. The van der Waals surface area contributed by atoms with Crippen molar-refractivity contribution in [2.75, 3.05) is 5.75 Å². The third kappa shape index (κ3) is 5.61. The van der Waals surface area contributed by atoms with Gasteiger partial charge in [0.1, 0.15) is 6.04 Å². The van der Waals surface area contributed by atoms with Gasteiger partial charge in [0.2, 0.25) is 5.91 Å². The highest BCUT2D eigenvalue weighted by Crippen LogP contribution is 1.94. The molecular weight excluding hydrogens is 218 g/mol. The second-order valence-corrected chi connectivity index (χ2v) is 3.02. The van der Waals surface area contributed by atoms with Gasteiger partial charge in [-0.2, -0.15) is 16.8 Å². The summed E-state index contributed by atoms with van der Waals surface area (Å²) in [5.74, 6) is -1.44. The normalized spacial score (nSPS) is 14.4.